The van der Waals surface area contributed by atoms with E-state index in [1.54, 1.807) is 0 Å². The van der Waals surface area contributed by atoms with E-state index in [0.717, 1.165) is 30.2 Å². The third kappa shape index (κ3) is 3.24. The number of rotatable bonds is 3. The number of aryl methyl sites for hydroxylation is 2. The second-order valence-corrected chi connectivity index (χ2v) is 6.89. The molecule has 1 aromatic rings. The standard InChI is InChI=1S/C17H26N4O/c1-13-16(14(2)20-19-13)18-15(22)11-21-10-6-9-17(12-21)7-4-3-5-8-17/h3-4H,5-12H2,1-2H3,(H,18,22)(H,19,20)/t17-/m0/s1. The number of aromatic amines is 1. The van der Waals surface area contributed by atoms with Crippen molar-refractivity contribution in [2.75, 3.05) is 25.0 Å². The van der Waals surface area contributed by atoms with Gasteiger partial charge in [-0.25, -0.2) is 0 Å². The van der Waals surface area contributed by atoms with Gasteiger partial charge in [0.15, 0.2) is 0 Å². The number of H-pyrrole nitrogens is 1. The Morgan fingerprint density at radius 1 is 1.41 bits per heavy atom. The molecule has 5 heteroatoms. The fourth-order valence-corrected chi connectivity index (χ4v) is 3.88. The number of nitrogens with zero attached hydrogens (tertiary/aromatic N) is 2. The summed E-state index contributed by atoms with van der Waals surface area (Å²) < 4.78 is 0. The van der Waals surface area contributed by atoms with Gasteiger partial charge in [-0.3, -0.25) is 14.8 Å². The van der Waals surface area contributed by atoms with Gasteiger partial charge in [0.25, 0.3) is 0 Å². The van der Waals surface area contributed by atoms with Crippen LogP contribution in [0.2, 0.25) is 0 Å². The lowest BCUT2D eigenvalue weighted by molar-refractivity contribution is -0.118. The summed E-state index contributed by atoms with van der Waals surface area (Å²) in [7, 11) is 0. The number of hydrogen-bond donors (Lipinski definition) is 2. The molecule has 0 aromatic carbocycles. The molecule has 3 rings (SSSR count). The van der Waals surface area contributed by atoms with Crippen molar-refractivity contribution in [2.24, 2.45) is 5.41 Å². The average molecular weight is 302 g/mol. The Kier molecular flexibility index (Phi) is 4.34. The molecular formula is C17H26N4O. The highest BCUT2D eigenvalue weighted by Crippen LogP contribution is 2.40. The van der Waals surface area contributed by atoms with E-state index in [9.17, 15) is 4.79 Å². The largest absolute Gasteiger partial charge is 0.322 e. The van der Waals surface area contributed by atoms with Gasteiger partial charge in [-0.1, -0.05) is 12.2 Å². The van der Waals surface area contributed by atoms with Crippen LogP contribution in [0.1, 0.15) is 43.5 Å². The molecule has 1 atom stereocenters. The van der Waals surface area contributed by atoms with Crippen LogP contribution in [-0.4, -0.2) is 40.6 Å². The van der Waals surface area contributed by atoms with Gasteiger partial charge in [0.1, 0.15) is 0 Å². The summed E-state index contributed by atoms with van der Waals surface area (Å²) in [6.07, 6.45) is 10.7. The lowest BCUT2D eigenvalue weighted by Gasteiger charge is -2.43. The predicted molar refractivity (Wildman–Crippen MR) is 87.8 cm³/mol. The maximum Gasteiger partial charge on any atom is 0.238 e. The van der Waals surface area contributed by atoms with Gasteiger partial charge >= 0.3 is 0 Å². The summed E-state index contributed by atoms with van der Waals surface area (Å²) >= 11 is 0. The average Bonchev–Trinajstić information content (AvgIpc) is 2.80. The molecule has 0 saturated carbocycles. The Morgan fingerprint density at radius 3 is 2.95 bits per heavy atom. The van der Waals surface area contributed by atoms with Crippen molar-refractivity contribution in [3.05, 3.63) is 23.5 Å². The second kappa shape index (κ2) is 6.24. The fraction of sp³-hybridized carbons (Fsp3) is 0.647. The lowest BCUT2D eigenvalue weighted by atomic mass is 9.71. The Labute approximate surface area is 132 Å². The van der Waals surface area contributed by atoms with Crippen LogP contribution in [0.4, 0.5) is 5.69 Å². The number of hydrogen-bond acceptors (Lipinski definition) is 3. The number of amides is 1. The summed E-state index contributed by atoms with van der Waals surface area (Å²) in [5, 5.41) is 10.0. The van der Waals surface area contributed by atoms with E-state index < -0.39 is 0 Å². The number of nitrogens with one attached hydrogen (secondary N) is 2. The minimum atomic E-state index is 0.0657. The Morgan fingerprint density at radius 2 is 2.27 bits per heavy atom. The van der Waals surface area contributed by atoms with Crippen LogP contribution in [0.15, 0.2) is 12.2 Å². The van der Waals surface area contributed by atoms with Gasteiger partial charge < -0.3 is 5.32 Å². The fourth-order valence-electron chi connectivity index (χ4n) is 3.88. The molecule has 1 aromatic heterocycles. The van der Waals surface area contributed by atoms with E-state index >= 15 is 0 Å². The maximum absolute atomic E-state index is 12.3. The van der Waals surface area contributed by atoms with Gasteiger partial charge in [-0.05, 0) is 57.9 Å². The molecule has 1 spiro atoms. The van der Waals surface area contributed by atoms with Crippen LogP contribution in [-0.2, 0) is 4.79 Å². The Bertz CT molecular complexity index is 558. The molecule has 2 N–H and O–H groups in total. The zero-order valence-corrected chi connectivity index (χ0v) is 13.6. The summed E-state index contributed by atoms with van der Waals surface area (Å²) in [6.45, 7) is 6.40. The van der Waals surface area contributed by atoms with Crippen LogP contribution in [0, 0.1) is 19.3 Å². The van der Waals surface area contributed by atoms with E-state index in [-0.39, 0.29) is 5.91 Å². The molecule has 120 valence electrons. The minimum absolute atomic E-state index is 0.0657. The maximum atomic E-state index is 12.3. The van der Waals surface area contributed by atoms with Crippen molar-refractivity contribution in [3.8, 4) is 0 Å². The summed E-state index contributed by atoms with van der Waals surface area (Å²) in [5.41, 5.74) is 3.00. The number of piperidine rings is 1. The van der Waals surface area contributed by atoms with Crippen molar-refractivity contribution >= 4 is 11.6 Å². The van der Waals surface area contributed by atoms with E-state index in [0.29, 0.717) is 12.0 Å². The number of allylic oxidation sites excluding steroid dienone is 2. The predicted octanol–water partition coefficient (Wildman–Crippen LogP) is 2.79. The van der Waals surface area contributed by atoms with Gasteiger partial charge in [-0.15, -0.1) is 0 Å². The highest BCUT2D eigenvalue weighted by molar-refractivity contribution is 5.93. The molecule has 1 aliphatic heterocycles. The second-order valence-electron chi connectivity index (χ2n) is 6.89. The van der Waals surface area contributed by atoms with E-state index in [2.05, 4.69) is 32.6 Å². The van der Waals surface area contributed by atoms with Crippen molar-refractivity contribution in [2.45, 2.75) is 46.0 Å². The third-order valence-electron chi connectivity index (χ3n) is 5.06. The number of aromatic nitrogens is 2. The molecule has 2 heterocycles. The van der Waals surface area contributed by atoms with Crippen molar-refractivity contribution in [1.82, 2.24) is 15.1 Å². The smallest absolute Gasteiger partial charge is 0.238 e. The minimum Gasteiger partial charge on any atom is -0.322 e. The van der Waals surface area contributed by atoms with Crippen molar-refractivity contribution in [3.63, 3.8) is 0 Å². The molecule has 22 heavy (non-hydrogen) atoms. The highest BCUT2D eigenvalue weighted by atomic mass is 16.2. The summed E-state index contributed by atoms with van der Waals surface area (Å²) in [6, 6.07) is 0. The number of carbonyl (C=O) groups excluding carboxylic acids is 1. The normalized spacial score (nSPS) is 25.5. The van der Waals surface area contributed by atoms with E-state index in [1.807, 2.05) is 13.8 Å². The first-order chi connectivity index (χ1) is 10.6. The first kappa shape index (κ1) is 15.3. The molecule has 1 saturated heterocycles. The summed E-state index contributed by atoms with van der Waals surface area (Å²) in [4.78, 5) is 14.7. The van der Waals surface area contributed by atoms with Crippen LogP contribution in [0.3, 0.4) is 0 Å². The van der Waals surface area contributed by atoms with Gasteiger partial charge in [0.05, 0.1) is 23.6 Å². The van der Waals surface area contributed by atoms with Crippen LogP contribution >= 0.6 is 0 Å². The SMILES string of the molecule is Cc1n[nH]c(C)c1NC(=O)CN1CCC[C@@]2(CC=CCC2)C1. The molecule has 5 nitrogen and oxygen atoms in total. The zero-order valence-electron chi connectivity index (χ0n) is 13.6. The number of likely N-dealkylation sites (tertiary alicyclic amines) is 1. The first-order valence-electron chi connectivity index (χ1n) is 8.27. The molecule has 0 unspecified atom stereocenters. The lowest BCUT2D eigenvalue weighted by Crippen LogP contribution is -2.46. The number of anilines is 1. The van der Waals surface area contributed by atoms with Crippen molar-refractivity contribution < 1.29 is 4.79 Å². The quantitative estimate of drug-likeness (QED) is 0.844. The molecule has 1 aliphatic carbocycles. The van der Waals surface area contributed by atoms with Gasteiger partial charge in [0, 0.05) is 6.54 Å². The monoisotopic (exact) mass is 302 g/mol. The van der Waals surface area contributed by atoms with Crippen LogP contribution in [0.25, 0.3) is 0 Å². The van der Waals surface area contributed by atoms with Crippen LogP contribution < -0.4 is 5.32 Å². The summed E-state index contributed by atoms with van der Waals surface area (Å²) in [5.74, 6) is 0.0657. The van der Waals surface area contributed by atoms with Gasteiger partial charge in [0.2, 0.25) is 5.91 Å². The third-order valence-corrected chi connectivity index (χ3v) is 5.06. The zero-order chi connectivity index (χ0) is 15.6. The molecule has 2 aliphatic rings. The Balaban J connectivity index is 1.58. The van der Waals surface area contributed by atoms with E-state index in [1.165, 1.54) is 32.1 Å². The molecule has 1 amide bonds. The van der Waals surface area contributed by atoms with E-state index in [4.69, 9.17) is 0 Å². The highest BCUT2D eigenvalue weighted by Gasteiger charge is 2.35. The molecular weight excluding hydrogens is 276 g/mol. The molecule has 1 fully saturated rings. The van der Waals surface area contributed by atoms with Crippen LogP contribution in [0.5, 0.6) is 0 Å². The van der Waals surface area contributed by atoms with Gasteiger partial charge in [-0.2, -0.15) is 5.10 Å². The Hall–Kier alpha value is -1.62. The number of carbonyl (C=O) groups is 1. The van der Waals surface area contributed by atoms with Crippen molar-refractivity contribution in [1.29, 1.82) is 0 Å². The topological polar surface area (TPSA) is 61.0 Å². The molecule has 0 bridgehead atoms. The molecule has 0 radical (unpaired) electrons. The first-order valence-corrected chi connectivity index (χ1v) is 8.27.